The summed E-state index contributed by atoms with van der Waals surface area (Å²) in [5.74, 6) is -0.611. The van der Waals surface area contributed by atoms with Gasteiger partial charge in [0.05, 0.1) is 0 Å². The van der Waals surface area contributed by atoms with Gasteiger partial charge in [0.15, 0.2) is 0 Å². The van der Waals surface area contributed by atoms with Crippen molar-refractivity contribution in [3.05, 3.63) is 59.7 Å². The highest BCUT2D eigenvalue weighted by Gasteiger charge is 2.58. The van der Waals surface area contributed by atoms with Gasteiger partial charge in [-0.3, -0.25) is 4.79 Å². The monoisotopic (exact) mass is 436 g/mol. The van der Waals surface area contributed by atoms with Gasteiger partial charge in [-0.15, -0.1) is 0 Å². The van der Waals surface area contributed by atoms with Gasteiger partial charge in [-0.2, -0.15) is 0 Å². The van der Waals surface area contributed by atoms with Crippen LogP contribution in [-0.4, -0.2) is 30.1 Å². The molecule has 1 heterocycles. The summed E-state index contributed by atoms with van der Waals surface area (Å²) in [6.07, 6.45) is 6.91. The fourth-order valence-electron chi connectivity index (χ4n) is 5.44. The first-order chi connectivity index (χ1) is 15.2. The van der Waals surface area contributed by atoms with E-state index in [0.29, 0.717) is 17.7 Å². The number of carbonyl (C=O) groups is 3. The summed E-state index contributed by atoms with van der Waals surface area (Å²) >= 11 is 0. The van der Waals surface area contributed by atoms with Gasteiger partial charge >= 0.3 is 17.9 Å². The van der Waals surface area contributed by atoms with E-state index in [-0.39, 0.29) is 41.4 Å². The Morgan fingerprint density at radius 3 is 2.66 bits per heavy atom. The van der Waals surface area contributed by atoms with Crippen molar-refractivity contribution >= 4 is 24.0 Å². The minimum atomic E-state index is -0.415. The van der Waals surface area contributed by atoms with Crippen molar-refractivity contribution in [2.24, 2.45) is 17.3 Å². The van der Waals surface area contributed by atoms with Crippen LogP contribution in [-0.2, 0) is 23.9 Å². The Bertz CT molecular complexity index is 1020. The summed E-state index contributed by atoms with van der Waals surface area (Å²) < 4.78 is 16.6. The molecule has 5 atom stereocenters. The van der Waals surface area contributed by atoms with E-state index < -0.39 is 5.97 Å². The predicted molar refractivity (Wildman–Crippen MR) is 118 cm³/mol. The van der Waals surface area contributed by atoms with Crippen LogP contribution in [0.25, 0.3) is 6.08 Å². The molecule has 3 aliphatic rings. The molecule has 6 heteroatoms. The molecule has 1 aliphatic heterocycles. The standard InChI is InChI=1S/C26H28O6/c1-15-5-11-21(26(4)14-13-20-16(2)25(29)32-24(20)23(15)26)31-22(28)12-8-18-6-9-19(10-7-18)30-17(3)27/h5-10,12,20-21,23-24H,2,11,13-14H2,1,3-4H3/b12-8+/t20-,21+,23+,24-,26-/m0/s1. The molecule has 1 aromatic rings. The Morgan fingerprint density at radius 2 is 1.97 bits per heavy atom. The van der Waals surface area contributed by atoms with E-state index in [1.54, 1.807) is 30.3 Å². The van der Waals surface area contributed by atoms with E-state index in [1.165, 1.54) is 18.6 Å². The Morgan fingerprint density at radius 1 is 1.25 bits per heavy atom. The lowest BCUT2D eigenvalue weighted by Crippen LogP contribution is -2.53. The average molecular weight is 437 g/mol. The lowest BCUT2D eigenvalue weighted by molar-refractivity contribution is -0.165. The highest BCUT2D eigenvalue weighted by Crippen LogP contribution is 2.56. The lowest BCUT2D eigenvalue weighted by atomic mass is 9.55. The van der Waals surface area contributed by atoms with Crippen LogP contribution in [0.5, 0.6) is 5.75 Å². The molecule has 0 spiro atoms. The molecular formula is C26H28O6. The minimum absolute atomic E-state index is 0.00815. The van der Waals surface area contributed by atoms with Crippen molar-refractivity contribution in [3.63, 3.8) is 0 Å². The van der Waals surface area contributed by atoms with Gasteiger partial charge < -0.3 is 14.2 Å². The summed E-state index contributed by atoms with van der Waals surface area (Å²) in [6.45, 7) is 9.48. The first-order valence-electron chi connectivity index (χ1n) is 10.9. The van der Waals surface area contributed by atoms with E-state index >= 15 is 0 Å². The summed E-state index contributed by atoms with van der Waals surface area (Å²) in [5.41, 5.74) is 2.23. The number of fused-ring (bicyclic) bond motifs is 3. The van der Waals surface area contributed by atoms with Gasteiger partial charge in [-0.05, 0) is 43.5 Å². The topological polar surface area (TPSA) is 78.9 Å². The van der Waals surface area contributed by atoms with Crippen molar-refractivity contribution in [2.45, 2.75) is 52.2 Å². The quantitative estimate of drug-likeness (QED) is 0.301. The van der Waals surface area contributed by atoms with Crippen LogP contribution < -0.4 is 4.74 Å². The van der Waals surface area contributed by atoms with Crippen molar-refractivity contribution in [1.82, 2.24) is 0 Å². The number of benzene rings is 1. The van der Waals surface area contributed by atoms with Crippen molar-refractivity contribution in [3.8, 4) is 5.75 Å². The Labute approximate surface area is 187 Å². The van der Waals surface area contributed by atoms with E-state index in [0.717, 1.165) is 18.4 Å². The molecule has 32 heavy (non-hydrogen) atoms. The summed E-state index contributed by atoms with van der Waals surface area (Å²) in [6, 6.07) is 6.85. The smallest absolute Gasteiger partial charge is 0.334 e. The molecule has 0 radical (unpaired) electrons. The van der Waals surface area contributed by atoms with Crippen LogP contribution in [0.3, 0.4) is 0 Å². The Balaban J connectivity index is 1.46. The van der Waals surface area contributed by atoms with Crippen LogP contribution in [0.4, 0.5) is 0 Å². The van der Waals surface area contributed by atoms with Gasteiger partial charge in [0.25, 0.3) is 0 Å². The highest BCUT2D eigenvalue weighted by molar-refractivity contribution is 5.91. The largest absolute Gasteiger partial charge is 0.458 e. The number of hydrogen-bond acceptors (Lipinski definition) is 6. The van der Waals surface area contributed by atoms with Gasteiger partial charge in [-0.25, -0.2) is 9.59 Å². The van der Waals surface area contributed by atoms with Crippen molar-refractivity contribution in [1.29, 1.82) is 0 Å². The zero-order valence-corrected chi connectivity index (χ0v) is 18.6. The third-order valence-corrected chi connectivity index (χ3v) is 7.07. The molecule has 6 nitrogen and oxygen atoms in total. The first-order valence-corrected chi connectivity index (χ1v) is 10.9. The van der Waals surface area contributed by atoms with Crippen LogP contribution in [0, 0.1) is 17.3 Å². The summed E-state index contributed by atoms with van der Waals surface area (Å²) in [5, 5.41) is 0. The highest BCUT2D eigenvalue weighted by atomic mass is 16.6. The van der Waals surface area contributed by atoms with E-state index in [1.807, 2.05) is 0 Å². The molecule has 1 aromatic carbocycles. The number of carbonyl (C=O) groups excluding carboxylic acids is 3. The van der Waals surface area contributed by atoms with Gasteiger partial charge in [0.1, 0.15) is 18.0 Å². The van der Waals surface area contributed by atoms with Crippen LogP contribution >= 0.6 is 0 Å². The molecule has 0 bridgehead atoms. The molecule has 0 N–H and O–H groups in total. The second-order valence-electron chi connectivity index (χ2n) is 9.13. The maximum Gasteiger partial charge on any atom is 0.334 e. The maximum atomic E-state index is 12.6. The number of hydrogen-bond donors (Lipinski definition) is 0. The molecule has 1 saturated heterocycles. The Hall–Kier alpha value is -3.15. The second kappa shape index (κ2) is 8.41. The minimum Gasteiger partial charge on any atom is -0.458 e. The predicted octanol–water partition coefficient (Wildman–Crippen LogP) is 4.40. The molecule has 0 unspecified atom stereocenters. The van der Waals surface area contributed by atoms with Crippen LogP contribution in [0.2, 0.25) is 0 Å². The number of ether oxygens (including phenoxy) is 3. The first kappa shape index (κ1) is 22.1. The van der Waals surface area contributed by atoms with Crippen LogP contribution in [0.1, 0.15) is 45.6 Å². The normalized spacial score (nSPS) is 31.4. The SMILES string of the molecule is C=C1C(=O)O[C@@H]2[C@H]3C(C)=CC[C@@H](OC(=O)/C=C/c4ccc(OC(C)=O)cc4)[C@]3(C)CC[C@@H]12. The molecule has 168 valence electrons. The number of esters is 3. The van der Waals surface area contributed by atoms with E-state index in [4.69, 9.17) is 14.2 Å². The van der Waals surface area contributed by atoms with Crippen molar-refractivity contribution in [2.75, 3.05) is 0 Å². The lowest BCUT2D eigenvalue weighted by Gasteiger charge is -2.52. The third kappa shape index (κ3) is 4.01. The van der Waals surface area contributed by atoms with Gasteiger partial charge in [0.2, 0.25) is 0 Å². The molecule has 2 aliphatic carbocycles. The van der Waals surface area contributed by atoms with E-state index in [9.17, 15) is 14.4 Å². The van der Waals surface area contributed by atoms with Crippen molar-refractivity contribution < 1.29 is 28.6 Å². The molecule has 4 rings (SSSR count). The second-order valence-corrected chi connectivity index (χ2v) is 9.13. The maximum absolute atomic E-state index is 12.6. The zero-order valence-electron chi connectivity index (χ0n) is 18.6. The summed E-state index contributed by atoms with van der Waals surface area (Å²) in [4.78, 5) is 35.8. The van der Waals surface area contributed by atoms with Crippen LogP contribution in [0.15, 0.2) is 54.1 Å². The summed E-state index contributed by atoms with van der Waals surface area (Å²) in [7, 11) is 0. The molecule has 0 amide bonds. The zero-order chi connectivity index (χ0) is 23.0. The van der Waals surface area contributed by atoms with Gasteiger partial charge in [-0.1, -0.05) is 37.3 Å². The third-order valence-electron chi connectivity index (χ3n) is 7.07. The molecular weight excluding hydrogens is 408 g/mol. The Kier molecular flexibility index (Phi) is 5.80. The molecule has 1 saturated carbocycles. The molecule has 0 aromatic heterocycles. The van der Waals surface area contributed by atoms with Gasteiger partial charge in [0, 0.05) is 42.2 Å². The van der Waals surface area contributed by atoms with E-state index in [2.05, 4.69) is 26.5 Å². The average Bonchev–Trinajstić information content (AvgIpc) is 3.02. The molecule has 2 fully saturated rings. The fraction of sp³-hybridized carbons (Fsp3) is 0.423. The fourth-order valence-corrected chi connectivity index (χ4v) is 5.44. The number of rotatable bonds is 4.